The fourth-order valence-corrected chi connectivity index (χ4v) is 5.89. The van der Waals surface area contributed by atoms with Gasteiger partial charge in [0.1, 0.15) is 5.78 Å². The first-order valence-corrected chi connectivity index (χ1v) is 11.6. The van der Waals surface area contributed by atoms with Gasteiger partial charge in [0, 0.05) is 6.42 Å². The molecule has 2 atom stereocenters. The minimum atomic E-state index is -2.72. The molecule has 3 N–H and O–H groups in total. The number of ketones is 1. The molecule has 2 fully saturated rings. The number of carbonyl (C=O) groups excluding carboxylic acids is 1. The molecule has 2 saturated carbocycles. The maximum absolute atomic E-state index is 12.1. The molecule has 0 aliphatic heterocycles. The third-order valence-corrected chi connectivity index (χ3v) is 7.74. The van der Waals surface area contributed by atoms with Crippen molar-refractivity contribution in [2.24, 2.45) is 11.8 Å². The zero-order valence-electron chi connectivity index (χ0n) is 15.1. The van der Waals surface area contributed by atoms with Gasteiger partial charge in [-0.1, -0.05) is 56.0 Å². The number of rotatable bonds is 10. The lowest BCUT2D eigenvalue weighted by Crippen LogP contribution is -2.34. The Bertz CT molecular complexity index is 500. The molecule has 0 bridgehead atoms. The molecule has 0 aromatic heterocycles. The van der Waals surface area contributed by atoms with Gasteiger partial charge in [-0.2, -0.15) is 0 Å². The monoisotopic (exact) mass is 402 g/mol. The summed E-state index contributed by atoms with van der Waals surface area (Å²) in [6.45, 7) is 0. The predicted octanol–water partition coefficient (Wildman–Crippen LogP) is 3.44. The van der Waals surface area contributed by atoms with Crippen LogP contribution in [0, 0.1) is 11.8 Å². The second-order valence-corrected chi connectivity index (χ2v) is 9.76. The van der Waals surface area contributed by atoms with Crippen molar-refractivity contribution in [3.63, 3.8) is 0 Å². The standard InChI is InChI=1S/C19H30O5S2/c20-16-11-10-15(9-4-8-14-6-2-1-3-7-14)17(16)25-12-5-13-26-19(23,24)18(21)22/h4,9,14-15,17,23-24H,1-3,5-8,10-13H2,(H,21,22)/b9-4+/t15-,17+/m0/s1. The lowest BCUT2D eigenvalue weighted by atomic mass is 9.86. The second-order valence-electron chi connectivity index (χ2n) is 7.24. The van der Waals surface area contributed by atoms with Crippen LogP contribution in [0.5, 0.6) is 0 Å². The fourth-order valence-electron chi connectivity index (χ4n) is 3.67. The first kappa shape index (κ1) is 21.8. The van der Waals surface area contributed by atoms with Gasteiger partial charge in [-0.05, 0) is 42.6 Å². The van der Waals surface area contributed by atoms with Gasteiger partial charge in [0.2, 0.25) is 0 Å². The van der Waals surface area contributed by atoms with E-state index >= 15 is 0 Å². The number of aliphatic carboxylic acids is 1. The van der Waals surface area contributed by atoms with Crippen LogP contribution in [-0.4, -0.2) is 48.9 Å². The summed E-state index contributed by atoms with van der Waals surface area (Å²) in [5.41, 5.74) is 0. The maximum atomic E-state index is 12.1. The summed E-state index contributed by atoms with van der Waals surface area (Å²) in [6, 6.07) is 0. The SMILES string of the molecule is O=C1CC[C@H](/C=C/CC2CCCCC2)[C@H]1SCCCSC(O)(O)C(=O)O. The van der Waals surface area contributed by atoms with Crippen LogP contribution in [-0.2, 0) is 9.59 Å². The third kappa shape index (κ3) is 6.91. The van der Waals surface area contributed by atoms with E-state index in [1.54, 1.807) is 11.8 Å². The Balaban J connectivity index is 1.69. The molecular formula is C19H30O5S2. The van der Waals surface area contributed by atoms with Crippen LogP contribution in [0.3, 0.4) is 0 Å². The molecule has 148 valence electrons. The largest absolute Gasteiger partial charge is 0.477 e. The molecule has 0 aromatic carbocycles. The highest BCUT2D eigenvalue weighted by atomic mass is 32.2. The summed E-state index contributed by atoms with van der Waals surface area (Å²) >= 11 is 2.22. The highest BCUT2D eigenvalue weighted by molar-refractivity contribution is 8.01. The smallest absolute Gasteiger partial charge is 0.375 e. The van der Waals surface area contributed by atoms with Gasteiger partial charge in [-0.3, -0.25) is 4.79 Å². The third-order valence-electron chi connectivity index (χ3n) is 5.18. The number of thioether (sulfide) groups is 2. The molecule has 5 nitrogen and oxygen atoms in total. The quantitative estimate of drug-likeness (QED) is 0.293. The summed E-state index contributed by atoms with van der Waals surface area (Å²) in [6.07, 6.45) is 14.6. The van der Waals surface area contributed by atoms with Crippen molar-refractivity contribution in [2.45, 2.75) is 68.2 Å². The minimum absolute atomic E-state index is 0.00455. The lowest BCUT2D eigenvalue weighted by Gasteiger charge is -2.20. The van der Waals surface area contributed by atoms with Crippen LogP contribution in [0.1, 0.15) is 57.8 Å². The van der Waals surface area contributed by atoms with E-state index < -0.39 is 11.1 Å². The Hall–Kier alpha value is -0.500. The van der Waals surface area contributed by atoms with Gasteiger partial charge < -0.3 is 15.3 Å². The van der Waals surface area contributed by atoms with Crippen molar-refractivity contribution in [3.8, 4) is 0 Å². The molecular weight excluding hydrogens is 372 g/mol. The van der Waals surface area contributed by atoms with Crippen molar-refractivity contribution >= 4 is 35.3 Å². The van der Waals surface area contributed by atoms with E-state index in [0.29, 0.717) is 47.8 Å². The Kier molecular flexibility index (Phi) is 9.00. The number of allylic oxidation sites excluding steroid dienone is 2. The molecule has 2 rings (SSSR count). The minimum Gasteiger partial charge on any atom is -0.477 e. The topological polar surface area (TPSA) is 94.8 Å². The second kappa shape index (κ2) is 10.7. The van der Waals surface area contributed by atoms with Gasteiger partial charge in [-0.25, -0.2) is 4.79 Å². The van der Waals surface area contributed by atoms with E-state index in [2.05, 4.69) is 12.2 Å². The molecule has 7 heteroatoms. The van der Waals surface area contributed by atoms with Crippen molar-refractivity contribution < 1.29 is 24.9 Å². The van der Waals surface area contributed by atoms with Crippen molar-refractivity contribution in [3.05, 3.63) is 12.2 Å². The molecule has 0 heterocycles. The molecule has 0 unspecified atom stereocenters. The number of carboxylic acid groups (broad SMARTS) is 1. The average molecular weight is 403 g/mol. The van der Waals surface area contributed by atoms with Gasteiger partial charge >= 0.3 is 11.1 Å². The Morgan fingerprint density at radius 1 is 1.15 bits per heavy atom. The number of carboxylic acids is 1. The zero-order valence-corrected chi connectivity index (χ0v) is 16.8. The zero-order chi connectivity index (χ0) is 19.0. The van der Waals surface area contributed by atoms with Crippen LogP contribution in [0.15, 0.2) is 12.2 Å². The first-order chi connectivity index (χ1) is 12.4. The van der Waals surface area contributed by atoms with Crippen LogP contribution >= 0.6 is 23.5 Å². The molecule has 0 saturated heterocycles. The number of Topliss-reactive ketones (excluding diaryl/α,β-unsaturated/α-hetero) is 1. The molecule has 2 aliphatic rings. The van der Waals surface area contributed by atoms with Gasteiger partial charge in [0.25, 0.3) is 0 Å². The van der Waals surface area contributed by atoms with Crippen molar-refractivity contribution in [1.29, 1.82) is 0 Å². The van der Waals surface area contributed by atoms with Crippen LogP contribution < -0.4 is 0 Å². The van der Waals surface area contributed by atoms with Crippen LogP contribution in [0.2, 0.25) is 0 Å². The normalized spacial score (nSPS) is 25.2. The van der Waals surface area contributed by atoms with Crippen LogP contribution in [0.4, 0.5) is 0 Å². The van der Waals surface area contributed by atoms with Gasteiger partial charge in [-0.15, -0.1) is 11.8 Å². The van der Waals surface area contributed by atoms with Gasteiger partial charge in [0.15, 0.2) is 0 Å². The van der Waals surface area contributed by atoms with Gasteiger partial charge in [0.05, 0.1) is 5.25 Å². The fraction of sp³-hybridized carbons (Fsp3) is 0.789. The highest BCUT2D eigenvalue weighted by Crippen LogP contribution is 2.35. The highest BCUT2D eigenvalue weighted by Gasteiger charge is 2.34. The van der Waals surface area contributed by atoms with E-state index in [1.807, 2.05) is 0 Å². The summed E-state index contributed by atoms with van der Waals surface area (Å²) in [7, 11) is 0. The Labute approximate surface area is 164 Å². The van der Waals surface area contributed by atoms with Crippen molar-refractivity contribution in [2.75, 3.05) is 11.5 Å². The van der Waals surface area contributed by atoms with E-state index in [0.717, 1.165) is 18.8 Å². The molecule has 0 amide bonds. The predicted molar refractivity (Wildman–Crippen MR) is 106 cm³/mol. The molecule has 0 spiro atoms. The molecule has 0 radical (unpaired) electrons. The van der Waals surface area contributed by atoms with Crippen LogP contribution in [0.25, 0.3) is 0 Å². The molecule has 0 aromatic rings. The Morgan fingerprint density at radius 2 is 1.88 bits per heavy atom. The number of hydrogen-bond donors (Lipinski definition) is 3. The maximum Gasteiger partial charge on any atom is 0.375 e. The lowest BCUT2D eigenvalue weighted by molar-refractivity contribution is -0.174. The first-order valence-electron chi connectivity index (χ1n) is 9.53. The molecule has 2 aliphatic carbocycles. The van der Waals surface area contributed by atoms with E-state index in [4.69, 9.17) is 5.11 Å². The summed E-state index contributed by atoms with van der Waals surface area (Å²) in [5, 5.41) is 24.4. The van der Waals surface area contributed by atoms with E-state index in [9.17, 15) is 19.8 Å². The summed E-state index contributed by atoms with van der Waals surface area (Å²) in [5.74, 6) is 0.814. The van der Waals surface area contributed by atoms with E-state index in [-0.39, 0.29) is 5.25 Å². The summed E-state index contributed by atoms with van der Waals surface area (Å²) in [4.78, 5) is 22.8. The number of aliphatic hydroxyl groups is 2. The Morgan fingerprint density at radius 3 is 2.58 bits per heavy atom. The van der Waals surface area contributed by atoms with E-state index in [1.165, 1.54) is 32.1 Å². The summed E-state index contributed by atoms with van der Waals surface area (Å²) < 4.78 is 0. The van der Waals surface area contributed by atoms with Crippen molar-refractivity contribution in [1.82, 2.24) is 0 Å². The molecule has 26 heavy (non-hydrogen) atoms. The number of hydrogen-bond acceptors (Lipinski definition) is 6. The number of carbonyl (C=O) groups is 2. The average Bonchev–Trinajstić information content (AvgIpc) is 2.95.